The quantitative estimate of drug-likeness (QED) is 0.109. The zero-order valence-electron chi connectivity index (χ0n) is 29.8. The molecule has 0 fully saturated rings. The second-order valence-corrected chi connectivity index (χ2v) is 24.4. The van der Waals surface area contributed by atoms with Gasteiger partial charge >= 0.3 is 12.1 Å². The summed E-state index contributed by atoms with van der Waals surface area (Å²) < 4.78 is 31.9. The number of hydrogen-bond donors (Lipinski definition) is 1. The molecule has 0 unspecified atom stereocenters. The van der Waals surface area contributed by atoms with Crippen LogP contribution >= 0.6 is 0 Å². The third-order valence-corrected chi connectivity index (χ3v) is 18.0. The highest BCUT2D eigenvalue weighted by Gasteiger charge is 2.47. The van der Waals surface area contributed by atoms with Gasteiger partial charge in [-0.1, -0.05) is 109 Å². The van der Waals surface area contributed by atoms with E-state index in [1.54, 1.807) is 6.08 Å². The summed E-state index contributed by atoms with van der Waals surface area (Å²) in [5.41, 5.74) is 1.81. The van der Waals surface area contributed by atoms with E-state index in [9.17, 15) is 9.59 Å². The Morgan fingerprint density at radius 3 is 1.76 bits per heavy atom. The highest BCUT2D eigenvalue weighted by molar-refractivity contribution is 6.74. The van der Waals surface area contributed by atoms with Crippen molar-refractivity contribution >= 4 is 28.7 Å². The van der Waals surface area contributed by atoms with E-state index >= 15 is 0 Å². The van der Waals surface area contributed by atoms with Crippen molar-refractivity contribution in [3.05, 3.63) is 84.4 Å². The van der Waals surface area contributed by atoms with Gasteiger partial charge in [0.1, 0.15) is 18.8 Å². The summed E-state index contributed by atoms with van der Waals surface area (Å²) in [4.78, 5) is 25.8. The average molecular weight is 672 g/mol. The Balaban J connectivity index is 2.63. The zero-order valence-corrected chi connectivity index (χ0v) is 31.8. The van der Waals surface area contributed by atoms with E-state index in [2.05, 4.69) is 79.6 Å². The number of benzene rings is 2. The van der Waals surface area contributed by atoms with Crippen molar-refractivity contribution in [3.63, 3.8) is 0 Å². The number of alkyl carbamates (subject to hydrolysis) is 1. The fourth-order valence-corrected chi connectivity index (χ4v) is 6.49. The molecule has 0 spiro atoms. The van der Waals surface area contributed by atoms with Crippen LogP contribution in [0, 0.1) is 0 Å². The molecule has 0 aliphatic rings. The van der Waals surface area contributed by atoms with Crippen molar-refractivity contribution < 1.29 is 32.7 Å². The summed E-state index contributed by atoms with van der Waals surface area (Å²) in [5, 5.41) is 2.82. The zero-order chi connectivity index (χ0) is 34.8. The molecule has 0 saturated carbocycles. The van der Waals surface area contributed by atoms with Crippen LogP contribution in [0.2, 0.25) is 36.3 Å². The lowest BCUT2D eigenvalue weighted by Crippen LogP contribution is -2.61. The second-order valence-electron chi connectivity index (χ2n) is 14.8. The Kier molecular flexibility index (Phi) is 14.5. The molecule has 10 heteroatoms. The maximum atomic E-state index is 13.5. The largest absolute Gasteiger partial charge is 0.455 e. The predicted molar refractivity (Wildman–Crippen MR) is 190 cm³/mol. The van der Waals surface area contributed by atoms with Crippen molar-refractivity contribution in [3.8, 4) is 0 Å². The highest BCUT2D eigenvalue weighted by Crippen LogP contribution is 2.40. The molecule has 1 N–H and O–H groups in total. The first kappa shape index (κ1) is 39.4. The van der Waals surface area contributed by atoms with Crippen molar-refractivity contribution in [2.75, 3.05) is 6.61 Å². The lowest BCUT2D eigenvalue weighted by atomic mass is 10.0. The minimum absolute atomic E-state index is 0.0776. The predicted octanol–water partition coefficient (Wildman–Crippen LogP) is 8.40. The maximum Gasteiger partial charge on any atom is 0.407 e. The molecule has 0 radical (unpaired) electrons. The first-order valence-corrected chi connectivity index (χ1v) is 21.8. The van der Waals surface area contributed by atoms with E-state index in [0.717, 1.165) is 11.1 Å². The van der Waals surface area contributed by atoms with Crippen LogP contribution in [0.4, 0.5) is 4.79 Å². The van der Waals surface area contributed by atoms with Crippen molar-refractivity contribution in [1.29, 1.82) is 0 Å². The Hall–Kier alpha value is -2.77. The number of nitrogens with one attached hydrogen (secondary N) is 1. The lowest BCUT2D eigenvalue weighted by Gasteiger charge is -2.45. The maximum absolute atomic E-state index is 13.5. The van der Waals surface area contributed by atoms with Gasteiger partial charge in [0, 0.05) is 6.92 Å². The molecule has 46 heavy (non-hydrogen) atoms. The van der Waals surface area contributed by atoms with E-state index in [-0.39, 0.29) is 29.9 Å². The molecular formula is C36H57NO7Si2. The van der Waals surface area contributed by atoms with Gasteiger partial charge in [0.2, 0.25) is 0 Å². The minimum atomic E-state index is -2.53. The summed E-state index contributed by atoms with van der Waals surface area (Å²) >= 11 is 0. The van der Waals surface area contributed by atoms with E-state index in [1.807, 2.05) is 60.7 Å². The van der Waals surface area contributed by atoms with Gasteiger partial charge < -0.3 is 28.4 Å². The summed E-state index contributed by atoms with van der Waals surface area (Å²) in [7, 11) is -4.81. The van der Waals surface area contributed by atoms with E-state index in [0.29, 0.717) is 0 Å². The van der Waals surface area contributed by atoms with Gasteiger partial charge in [-0.05, 0) is 53.5 Å². The molecule has 0 heterocycles. The number of ether oxygens (including phenoxy) is 3. The summed E-state index contributed by atoms with van der Waals surface area (Å²) in [6.45, 7) is 27.4. The summed E-state index contributed by atoms with van der Waals surface area (Å²) in [5.74, 6) is -0.478. The molecule has 0 saturated heterocycles. The molecule has 0 bridgehead atoms. The van der Waals surface area contributed by atoms with Crippen LogP contribution in [0.5, 0.6) is 0 Å². The molecule has 2 rings (SSSR count). The van der Waals surface area contributed by atoms with Crippen molar-refractivity contribution in [2.45, 2.75) is 122 Å². The third-order valence-electron chi connectivity index (χ3n) is 9.05. The highest BCUT2D eigenvalue weighted by atomic mass is 28.4. The van der Waals surface area contributed by atoms with Gasteiger partial charge in [-0.3, -0.25) is 4.79 Å². The van der Waals surface area contributed by atoms with Crippen molar-refractivity contribution in [2.24, 2.45) is 0 Å². The lowest BCUT2D eigenvalue weighted by molar-refractivity contribution is -0.159. The fourth-order valence-electron chi connectivity index (χ4n) is 4.13. The SMILES string of the molecule is C=C[C@H](OC(C)=O)[C@@H](OCc1ccccc1)[C@@H](O[Si](C)(C)C(C)(C)C)[C@@H](CO[Si](C)(C)C(C)(C)C)NC(=O)OCc1ccccc1. The number of esters is 1. The molecule has 2 aromatic rings. The van der Waals surface area contributed by atoms with E-state index < -0.39 is 53.1 Å². The van der Waals surface area contributed by atoms with Gasteiger partial charge in [0.15, 0.2) is 16.6 Å². The molecular weight excluding hydrogens is 615 g/mol. The third kappa shape index (κ3) is 12.1. The topological polar surface area (TPSA) is 92.3 Å². The number of carbonyl (C=O) groups excluding carboxylic acids is 2. The molecule has 1 amide bonds. The number of hydrogen-bond acceptors (Lipinski definition) is 7. The van der Waals surface area contributed by atoms with Gasteiger partial charge in [0.25, 0.3) is 0 Å². The Morgan fingerprint density at radius 2 is 1.30 bits per heavy atom. The molecule has 0 aliphatic heterocycles. The first-order chi connectivity index (χ1) is 21.3. The van der Waals surface area contributed by atoms with Crippen LogP contribution in [-0.2, 0) is 41.1 Å². The molecule has 8 nitrogen and oxygen atoms in total. The van der Waals surface area contributed by atoms with Crippen LogP contribution < -0.4 is 5.32 Å². The van der Waals surface area contributed by atoms with E-state index in [4.69, 9.17) is 23.1 Å². The standard InChI is InChI=1S/C36H57NO7Si2/c1-13-31(43-27(2)38)33(40-24-28-20-16-14-17-21-28)32(44-46(11,12)36(6,7)8)30(26-42-45(9,10)35(3,4)5)37-34(39)41-25-29-22-18-15-19-23-29/h13-23,30-33H,1,24-26H2,2-12H3,(H,37,39)/t30-,31+,32+,33-/m1/s1. The van der Waals surface area contributed by atoms with Crippen LogP contribution in [-0.4, -0.2) is 59.7 Å². The summed E-state index contributed by atoms with van der Waals surface area (Å²) in [6.07, 6.45) is -1.55. The Labute approximate surface area is 279 Å². The minimum Gasteiger partial charge on any atom is -0.455 e. The molecule has 256 valence electrons. The molecule has 2 aromatic carbocycles. The number of amides is 1. The first-order valence-electron chi connectivity index (χ1n) is 16.0. The van der Waals surface area contributed by atoms with Crippen LogP contribution in [0.3, 0.4) is 0 Å². The molecule has 4 atom stereocenters. The van der Waals surface area contributed by atoms with Crippen LogP contribution in [0.1, 0.15) is 59.6 Å². The second kappa shape index (κ2) is 16.9. The van der Waals surface area contributed by atoms with Gasteiger partial charge in [0.05, 0.1) is 25.4 Å². The number of carbonyl (C=O) groups is 2. The normalized spacial score (nSPS) is 15.3. The van der Waals surface area contributed by atoms with Gasteiger partial charge in [-0.2, -0.15) is 0 Å². The van der Waals surface area contributed by atoms with Crippen molar-refractivity contribution in [1.82, 2.24) is 5.32 Å². The fraction of sp³-hybridized carbons (Fsp3) is 0.556. The van der Waals surface area contributed by atoms with Crippen LogP contribution in [0.15, 0.2) is 73.3 Å². The Bertz CT molecular complexity index is 1240. The Morgan fingerprint density at radius 1 is 0.804 bits per heavy atom. The molecule has 0 aliphatic carbocycles. The average Bonchev–Trinajstić information content (AvgIpc) is 2.96. The summed E-state index contributed by atoms with van der Waals surface area (Å²) in [6, 6.07) is 18.5. The monoisotopic (exact) mass is 671 g/mol. The number of rotatable bonds is 16. The van der Waals surface area contributed by atoms with E-state index in [1.165, 1.54) is 6.92 Å². The smallest absolute Gasteiger partial charge is 0.407 e. The van der Waals surface area contributed by atoms with Crippen LogP contribution in [0.25, 0.3) is 0 Å². The van der Waals surface area contributed by atoms with Gasteiger partial charge in [-0.15, -0.1) is 0 Å². The van der Waals surface area contributed by atoms with Gasteiger partial charge in [-0.25, -0.2) is 4.79 Å². The molecule has 0 aromatic heterocycles.